The predicted octanol–water partition coefficient (Wildman–Crippen LogP) is 1.48. The molecule has 0 amide bonds. The van der Waals surface area contributed by atoms with Crippen LogP contribution in [-0.4, -0.2) is 30.2 Å². The lowest BCUT2D eigenvalue weighted by atomic mass is 10.2. The molecule has 1 aromatic heterocycles. The van der Waals surface area contributed by atoms with Crippen molar-refractivity contribution in [2.24, 2.45) is 11.8 Å². The zero-order valence-electron chi connectivity index (χ0n) is 10.6. The number of anilines is 2. The van der Waals surface area contributed by atoms with Crippen LogP contribution in [0.4, 0.5) is 24.8 Å². The Morgan fingerprint density at radius 2 is 2.00 bits per heavy atom. The fourth-order valence-corrected chi connectivity index (χ4v) is 1.36. The van der Waals surface area contributed by atoms with Crippen molar-refractivity contribution in [2.75, 3.05) is 31.0 Å². The minimum absolute atomic E-state index is 0.0539. The number of aromatic nitrogens is 2. The van der Waals surface area contributed by atoms with Gasteiger partial charge in [-0.2, -0.15) is 13.2 Å². The number of hydrogen-bond acceptors (Lipinski definition) is 6. The van der Waals surface area contributed by atoms with Gasteiger partial charge in [-0.25, -0.2) is 15.8 Å². The van der Waals surface area contributed by atoms with Crippen LogP contribution in [0.15, 0.2) is 6.07 Å². The van der Waals surface area contributed by atoms with E-state index >= 15 is 0 Å². The minimum atomic E-state index is -4.62. The van der Waals surface area contributed by atoms with Crippen LogP contribution in [0.5, 0.6) is 0 Å². The van der Waals surface area contributed by atoms with E-state index in [1.165, 1.54) is 6.07 Å². The van der Waals surface area contributed by atoms with E-state index in [2.05, 4.69) is 20.7 Å². The molecular formula is C10H16F3N5O. The first kappa shape index (κ1) is 15.4. The number of alkyl halides is 3. The second-order valence-corrected chi connectivity index (χ2v) is 4.05. The van der Waals surface area contributed by atoms with Crippen molar-refractivity contribution < 1.29 is 17.9 Å². The van der Waals surface area contributed by atoms with Gasteiger partial charge in [0.05, 0.1) is 6.61 Å². The molecule has 1 atom stereocenters. The standard InChI is InChI=1S/C10H16F3N5O/c1-6(5-19-2)4-15-7-3-8(18-14)17-9(16-7)10(11,12)13/h3,6H,4-5,14H2,1-2H3,(H2,15,16,17,18). The highest BCUT2D eigenvalue weighted by Gasteiger charge is 2.35. The van der Waals surface area contributed by atoms with E-state index in [4.69, 9.17) is 10.6 Å². The first-order chi connectivity index (χ1) is 8.86. The summed E-state index contributed by atoms with van der Waals surface area (Å²) >= 11 is 0. The van der Waals surface area contributed by atoms with Crippen molar-refractivity contribution in [3.8, 4) is 0 Å². The van der Waals surface area contributed by atoms with E-state index in [9.17, 15) is 13.2 Å². The molecule has 0 saturated carbocycles. The fraction of sp³-hybridized carbons (Fsp3) is 0.600. The van der Waals surface area contributed by atoms with Crippen LogP contribution in [0, 0.1) is 5.92 Å². The molecule has 6 nitrogen and oxygen atoms in total. The summed E-state index contributed by atoms with van der Waals surface area (Å²) < 4.78 is 42.6. The lowest BCUT2D eigenvalue weighted by Crippen LogP contribution is -2.20. The van der Waals surface area contributed by atoms with Crippen LogP contribution >= 0.6 is 0 Å². The number of nitrogens with one attached hydrogen (secondary N) is 2. The predicted molar refractivity (Wildman–Crippen MR) is 64.4 cm³/mol. The molecule has 0 aliphatic heterocycles. The summed E-state index contributed by atoms with van der Waals surface area (Å²) in [7, 11) is 1.55. The SMILES string of the molecule is COCC(C)CNc1cc(NN)nc(C(F)(F)F)n1. The molecule has 108 valence electrons. The molecule has 1 heterocycles. The summed E-state index contributed by atoms with van der Waals surface area (Å²) in [6.07, 6.45) is -4.62. The molecule has 0 bridgehead atoms. The van der Waals surface area contributed by atoms with E-state index in [-0.39, 0.29) is 17.6 Å². The molecular weight excluding hydrogens is 263 g/mol. The van der Waals surface area contributed by atoms with Gasteiger partial charge in [-0.3, -0.25) is 0 Å². The van der Waals surface area contributed by atoms with Crippen molar-refractivity contribution in [3.05, 3.63) is 11.9 Å². The first-order valence-corrected chi connectivity index (χ1v) is 5.52. The molecule has 0 saturated heterocycles. The molecule has 1 aromatic rings. The summed E-state index contributed by atoms with van der Waals surface area (Å²) in [6.45, 7) is 2.81. The lowest BCUT2D eigenvalue weighted by molar-refractivity contribution is -0.144. The highest BCUT2D eigenvalue weighted by atomic mass is 19.4. The summed E-state index contributed by atoms with van der Waals surface area (Å²) in [4.78, 5) is 6.65. The van der Waals surface area contributed by atoms with E-state index in [1.807, 2.05) is 6.92 Å². The molecule has 1 unspecified atom stereocenters. The number of methoxy groups -OCH3 is 1. The highest BCUT2D eigenvalue weighted by molar-refractivity contribution is 5.47. The Morgan fingerprint density at radius 1 is 1.37 bits per heavy atom. The fourth-order valence-electron chi connectivity index (χ4n) is 1.36. The number of nitrogens with two attached hydrogens (primary N) is 1. The van der Waals surface area contributed by atoms with Crippen molar-refractivity contribution >= 4 is 11.6 Å². The molecule has 4 N–H and O–H groups in total. The molecule has 0 radical (unpaired) electrons. The second kappa shape index (κ2) is 6.53. The maximum Gasteiger partial charge on any atom is 0.451 e. The van der Waals surface area contributed by atoms with Crippen molar-refractivity contribution in [1.29, 1.82) is 0 Å². The molecule has 0 fully saturated rings. The topological polar surface area (TPSA) is 85.1 Å². The molecule has 0 aromatic carbocycles. The molecule has 19 heavy (non-hydrogen) atoms. The summed E-state index contributed by atoms with van der Waals surface area (Å²) in [6, 6.07) is 1.30. The van der Waals surface area contributed by atoms with Gasteiger partial charge in [0.1, 0.15) is 11.6 Å². The van der Waals surface area contributed by atoms with Crippen molar-refractivity contribution in [2.45, 2.75) is 13.1 Å². The average molecular weight is 279 g/mol. The lowest BCUT2D eigenvalue weighted by Gasteiger charge is -2.14. The van der Waals surface area contributed by atoms with Gasteiger partial charge in [0.15, 0.2) is 0 Å². The number of ether oxygens (including phenoxy) is 1. The summed E-state index contributed by atoms with van der Waals surface area (Å²) in [5, 5.41) is 2.79. The molecule has 0 spiro atoms. The smallest absolute Gasteiger partial charge is 0.384 e. The van der Waals surface area contributed by atoms with Crippen LogP contribution in [0.3, 0.4) is 0 Å². The molecule has 1 rings (SSSR count). The van der Waals surface area contributed by atoms with Gasteiger partial charge < -0.3 is 15.5 Å². The van der Waals surface area contributed by atoms with Crippen LogP contribution in [0.25, 0.3) is 0 Å². The molecule has 0 aliphatic rings. The monoisotopic (exact) mass is 279 g/mol. The van der Waals surface area contributed by atoms with Crippen LogP contribution in [0.2, 0.25) is 0 Å². The zero-order chi connectivity index (χ0) is 14.5. The Labute approximate surface area is 108 Å². The van der Waals surface area contributed by atoms with Gasteiger partial charge in [-0.1, -0.05) is 6.92 Å². The van der Waals surface area contributed by atoms with Crippen molar-refractivity contribution in [3.63, 3.8) is 0 Å². The van der Waals surface area contributed by atoms with E-state index < -0.39 is 12.0 Å². The first-order valence-electron chi connectivity index (χ1n) is 5.52. The van der Waals surface area contributed by atoms with Crippen molar-refractivity contribution in [1.82, 2.24) is 9.97 Å². The minimum Gasteiger partial charge on any atom is -0.384 e. The van der Waals surface area contributed by atoms with Gasteiger partial charge in [0, 0.05) is 19.7 Å². The van der Waals surface area contributed by atoms with Gasteiger partial charge in [-0.05, 0) is 5.92 Å². The summed E-state index contributed by atoms with van der Waals surface area (Å²) in [5.41, 5.74) is 2.08. The number of hydrogen-bond donors (Lipinski definition) is 3. The number of halogens is 3. The Bertz CT molecular complexity index is 413. The van der Waals surface area contributed by atoms with E-state index in [0.29, 0.717) is 13.2 Å². The van der Waals surface area contributed by atoms with Crippen LogP contribution < -0.4 is 16.6 Å². The largest absolute Gasteiger partial charge is 0.451 e. The number of nitrogens with zero attached hydrogens (tertiary/aromatic N) is 2. The number of hydrazine groups is 1. The summed E-state index contributed by atoms with van der Waals surface area (Å²) in [5.74, 6) is 3.91. The van der Waals surface area contributed by atoms with Crippen LogP contribution in [-0.2, 0) is 10.9 Å². The second-order valence-electron chi connectivity index (χ2n) is 4.05. The third-order valence-corrected chi connectivity index (χ3v) is 2.21. The van der Waals surface area contributed by atoms with E-state index in [1.54, 1.807) is 7.11 Å². The van der Waals surface area contributed by atoms with E-state index in [0.717, 1.165) is 0 Å². The Kier molecular flexibility index (Phi) is 5.31. The Morgan fingerprint density at radius 3 is 2.53 bits per heavy atom. The maximum atomic E-state index is 12.6. The Balaban J connectivity index is 2.83. The number of nitrogen functional groups attached to an aromatic ring is 1. The zero-order valence-corrected chi connectivity index (χ0v) is 10.6. The highest BCUT2D eigenvalue weighted by Crippen LogP contribution is 2.28. The van der Waals surface area contributed by atoms with Gasteiger partial charge in [0.2, 0.25) is 5.82 Å². The normalized spacial score (nSPS) is 13.2. The molecule has 0 aliphatic carbocycles. The Hall–Kier alpha value is -1.61. The van der Waals surface area contributed by atoms with Crippen LogP contribution in [0.1, 0.15) is 12.7 Å². The third-order valence-electron chi connectivity index (χ3n) is 2.21. The number of rotatable bonds is 6. The van der Waals surface area contributed by atoms with Gasteiger partial charge in [0.25, 0.3) is 0 Å². The van der Waals surface area contributed by atoms with Gasteiger partial charge in [-0.15, -0.1) is 0 Å². The average Bonchev–Trinajstić information content (AvgIpc) is 2.35. The maximum absolute atomic E-state index is 12.6. The quantitative estimate of drug-likeness (QED) is 0.540. The molecule has 9 heteroatoms. The van der Waals surface area contributed by atoms with Gasteiger partial charge >= 0.3 is 6.18 Å². The third kappa shape index (κ3) is 4.87.